The van der Waals surface area contributed by atoms with E-state index in [1.54, 1.807) is 12.1 Å². The summed E-state index contributed by atoms with van der Waals surface area (Å²) in [6.45, 7) is 0. The standard InChI is InChI=1S/C25H18N2O4/c28-25(29)19-13-16-23(24(17-19)27(30)31)18-11-14-22(15-12-18)26(20-7-3-1-4-8-20)21-9-5-2-6-10-21/h1-17H,(H,28,29). The van der Waals surface area contributed by atoms with Crippen molar-refractivity contribution in [3.63, 3.8) is 0 Å². The van der Waals surface area contributed by atoms with Crippen LogP contribution >= 0.6 is 0 Å². The number of benzene rings is 4. The monoisotopic (exact) mass is 410 g/mol. The van der Waals surface area contributed by atoms with E-state index in [0.717, 1.165) is 23.1 Å². The number of nitrogens with zero attached hydrogens (tertiary/aromatic N) is 2. The molecule has 0 aliphatic heterocycles. The molecule has 0 spiro atoms. The van der Waals surface area contributed by atoms with Gasteiger partial charge in [-0.3, -0.25) is 10.1 Å². The maximum atomic E-state index is 11.5. The van der Waals surface area contributed by atoms with Crippen molar-refractivity contribution in [3.8, 4) is 11.1 Å². The predicted molar refractivity (Wildman–Crippen MR) is 120 cm³/mol. The van der Waals surface area contributed by atoms with Crippen LogP contribution in [0, 0.1) is 10.1 Å². The van der Waals surface area contributed by atoms with Crippen LogP contribution in [0.3, 0.4) is 0 Å². The first-order chi connectivity index (χ1) is 15.0. The van der Waals surface area contributed by atoms with Gasteiger partial charge in [0.1, 0.15) is 0 Å². The molecule has 0 bridgehead atoms. The van der Waals surface area contributed by atoms with Crippen molar-refractivity contribution in [1.82, 2.24) is 0 Å². The molecule has 0 atom stereocenters. The summed E-state index contributed by atoms with van der Waals surface area (Å²) in [5.41, 5.74) is 3.51. The van der Waals surface area contributed by atoms with Gasteiger partial charge in [-0.05, 0) is 54.1 Å². The molecule has 6 nitrogen and oxygen atoms in total. The normalized spacial score (nSPS) is 10.5. The second-order valence-electron chi connectivity index (χ2n) is 6.85. The minimum absolute atomic E-state index is 0.119. The highest BCUT2D eigenvalue weighted by molar-refractivity contribution is 5.90. The number of rotatable bonds is 6. The molecule has 0 radical (unpaired) electrons. The number of nitro benzene ring substituents is 1. The minimum atomic E-state index is -1.20. The van der Waals surface area contributed by atoms with Crippen LogP contribution < -0.4 is 4.90 Å². The summed E-state index contributed by atoms with van der Waals surface area (Å²) >= 11 is 0. The van der Waals surface area contributed by atoms with E-state index in [2.05, 4.69) is 4.90 Å². The maximum Gasteiger partial charge on any atom is 0.335 e. The number of aromatic carboxylic acids is 1. The number of hydrogen-bond donors (Lipinski definition) is 1. The van der Waals surface area contributed by atoms with Crippen LogP contribution in [0.2, 0.25) is 0 Å². The molecule has 31 heavy (non-hydrogen) atoms. The zero-order valence-electron chi connectivity index (χ0n) is 16.4. The molecule has 4 aromatic carbocycles. The van der Waals surface area contributed by atoms with Gasteiger partial charge in [0.2, 0.25) is 0 Å². The summed E-state index contributed by atoms with van der Waals surface area (Å²) in [7, 11) is 0. The van der Waals surface area contributed by atoms with Crippen molar-refractivity contribution in [2.75, 3.05) is 4.90 Å². The Hall–Kier alpha value is -4.45. The van der Waals surface area contributed by atoms with E-state index < -0.39 is 10.9 Å². The van der Waals surface area contributed by atoms with Crippen molar-refractivity contribution < 1.29 is 14.8 Å². The molecule has 0 aliphatic rings. The van der Waals surface area contributed by atoms with E-state index in [1.807, 2.05) is 72.8 Å². The number of para-hydroxylation sites is 2. The second kappa shape index (κ2) is 8.51. The van der Waals surface area contributed by atoms with E-state index in [4.69, 9.17) is 5.11 Å². The largest absolute Gasteiger partial charge is 0.478 e. The highest BCUT2D eigenvalue weighted by atomic mass is 16.6. The van der Waals surface area contributed by atoms with E-state index in [1.165, 1.54) is 12.1 Å². The minimum Gasteiger partial charge on any atom is -0.478 e. The van der Waals surface area contributed by atoms with Crippen LogP contribution in [0.25, 0.3) is 11.1 Å². The van der Waals surface area contributed by atoms with Gasteiger partial charge in [-0.15, -0.1) is 0 Å². The van der Waals surface area contributed by atoms with Gasteiger partial charge in [-0.1, -0.05) is 48.5 Å². The number of carboxylic acids is 1. The molecule has 4 rings (SSSR count). The highest BCUT2D eigenvalue weighted by Crippen LogP contribution is 2.37. The van der Waals surface area contributed by atoms with E-state index in [-0.39, 0.29) is 11.3 Å². The molecule has 0 amide bonds. The van der Waals surface area contributed by atoms with Crippen molar-refractivity contribution in [3.05, 3.63) is 119 Å². The highest BCUT2D eigenvalue weighted by Gasteiger charge is 2.19. The number of hydrogen-bond acceptors (Lipinski definition) is 4. The quantitative estimate of drug-likeness (QED) is 0.292. The zero-order chi connectivity index (χ0) is 21.8. The van der Waals surface area contributed by atoms with Crippen LogP contribution in [-0.2, 0) is 0 Å². The van der Waals surface area contributed by atoms with Gasteiger partial charge >= 0.3 is 5.97 Å². The molecule has 1 N–H and O–H groups in total. The summed E-state index contributed by atoms with van der Waals surface area (Å²) in [5.74, 6) is -1.20. The summed E-state index contributed by atoms with van der Waals surface area (Å²) < 4.78 is 0. The van der Waals surface area contributed by atoms with Crippen LogP contribution in [0.4, 0.5) is 22.7 Å². The number of carboxylic acid groups (broad SMARTS) is 1. The van der Waals surface area contributed by atoms with Gasteiger partial charge < -0.3 is 10.0 Å². The Morgan fingerprint density at radius 1 is 0.742 bits per heavy atom. The van der Waals surface area contributed by atoms with Crippen LogP contribution in [0.5, 0.6) is 0 Å². The molecule has 152 valence electrons. The fourth-order valence-corrected chi connectivity index (χ4v) is 3.45. The lowest BCUT2D eigenvalue weighted by molar-refractivity contribution is -0.384. The first-order valence-corrected chi connectivity index (χ1v) is 9.57. The molecule has 6 heteroatoms. The third-order valence-electron chi connectivity index (χ3n) is 4.91. The number of nitro groups is 1. The van der Waals surface area contributed by atoms with Gasteiger partial charge in [0.05, 0.1) is 16.1 Å². The average molecular weight is 410 g/mol. The molecule has 4 aromatic rings. The molecule has 0 saturated heterocycles. The van der Waals surface area contributed by atoms with Gasteiger partial charge in [0.15, 0.2) is 0 Å². The van der Waals surface area contributed by atoms with Crippen molar-refractivity contribution >= 4 is 28.7 Å². The molecule has 0 heterocycles. The van der Waals surface area contributed by atoms with E-state index >= 15 is 0 Å². The Balaban J connectivity index is 1.77. The Labute approximate surface area is 178 Å². The number of carbonyl (C=O) groups is 1. The van der Waals surface area contributed by atoms with E-state index in [0.29, 0.717) is 11.1 Å². The van der Waals surface area contributed by atoms with Crippen molar-refractivity contribution in [1.29, 1.82) is 0 Å². The molecule has 0 fully saturated rings. The molecule has 0 aromatic heterocycles. The maximum absolute atomic E-state index is 11.5. The molecular weight excluding hydrogens is 392 g/mol. The molecular formula is C25H18N2O4. The van der Waals surface area contributed by atoms with Gasteiger partial charge in [0.25, 0.3) is 5.69 Å². The van der Waals surface area contributed by atoms with Crippen molar-refractivity contribution in [2.24, 2.45) is 0 Å². The van der Waals surface area contributed by atoms with Crippen LogP contribution in [0.1, 0.15) is 10.4 Å². The second-order valence-corrected chi connectivity index (χ2v) is 6.85. The van der Waals surface area contributed by atoms with Gasteiger partial charge in [0, 0.05) is 23.1 Å². The Morgan fingerprint density at radius 3 is 1.74 bits per heavy atom. The summed E-state index contributed by atoms with van der Waals surface area (Å²) in [6.07, 6.45) is 0. The van der Waals surface area contributed by atoms with Gasteiger partial charge in [-0.2, -0.15) is 0 Å². The smallest absolute Gasteiger partial charge is 0.335 e. The summed E-state index contributed by atoms with van der Waals surface area (Å²) in [4.78, 5) is 24.2. The number of anilines is 3. The SMILES string of the molecule is O=C(O)c1ccc(-c2ccc(N(c3ccccc3)c3ccccc3)cc2)c([N+](=O)[O-])c1. The Kier molecular flexibility index (Phi) is 5.45. The third-order valence-corrected chi connectivity index (χ3v) is 4.91. The predicted octanol–water partition coefficient (Wildman–Crippen LogP) is 6.43. The van der Waals surface area contributed by atoms with E-state index in [9.17, 15) is 14.9 Å². The molecule has 0 unspecified atom stereocenters. The lowest BCUT2D eigenvalue weighted by Gasteiger charge is -2.25. The first-order valence-electron chi connectivity index (χ1n) is 9.57. The average Bonchev–Trinajstić information content (AvgIpc) is 2.81. The fraction of sp³-hybridized carbons (Fsp3) is 0. The van der Waals surface area contributed by atoms with Crippen LogP contribution in [0.15, 0.2) is 103 Å². The van der Waals surface area contributed by atoms with Gasteiger partial charge in [-0.25, -0.2) is 4.79 Å². The Morgan fingerprint density at radius 2 is 1.26 bits per heavy atom. The zero-order valence-corrected chi connectivity index (χ0v) is 16.4. The van der Waals surface area contributed by atoms with Crippen LogP contribution in [-0.4, -0.2) is 16.0 Å². The van der Waals surface area contributed by atoms with Crippen molar-refractivity contribution in [2.45, 2.75) is 0 Å². The summed E-state index contributed by atoms with van der Waals surface area (Å²) in [5, 5.41) is 20.7. The summed E-state index contributed by atoms with van der Waals surface area (Å²) in [6, 6.07) is 31.1. The molecule has 0 saturated carbocycles. The first kappa shape index (κ1) is 19.8. The fourth-order valence-electron chi connectivity index (χ4n) is 3.45. The molecule has 0 aliphatic carbocycles. The lowest BCUT2D eigenvalue weighted by atomic mass is 10.0. The topological polar surface area (TPSA) is 83.7 Å². The third kappa shape index (κ3) is 4.13. The Bertz CT molecular complexity index is 1180. The lowest BCUT2D eigenvalue weighted by Crippen LogP contribution is -2.09.